The lowest BCUT2D eigenvalue weighted by molar-refractivity contribution is 0.131. The Hall–Kier alpha value is -1.91. The zero-order valence-corrected chi connectivity index (χ0v) is 7.38. The Morgan fingerprint density at radius 3 is 2.86 bits per heavy atom. The molecule has 1 atom stereocenters. The van der Waals surface area contributed by atoms with Crippen molar-refractivity contribution in [3.05, 3.63) is 24.3 Å². The third-order valence-corrected chi connectivity index (χ3v) is 1.95. The van der Waals surface area contributed by atoms with Crippen molar-refractivity contribution in [3.63, 3.8) is 0 Å². The van der Waals surface area contributed by atoms with E-state index in [-0.39, 0.29) is 12.4 Å². The monoisotopic (exact) mass is 194 g/mol. The number of hydrogen-bond acceptors (Lipinski definition) is 4. The summed E-state index contributed by atoms with van der Waals surface area (Å²) < 4.78 is 10.8. The minimum atomic E-state index is -0.519. The Balaban J connectivity index is 2.21. The molecule has 5 heteroatoms. The number of ether oxygens (including phenoxy) is 2. The van der Waals surface area contributed by atoms with Gasteiger partial charge in [-0.05, 0) is 12.1 Å². The predicted molar refractivity (Wildman–Crippen MR) is 49.8 cm³/mol. The molecule has 1 aliphatic heterocycles. The molecule has 14 heavy (non-hydrogen) atoms. The van der Waals surface area contributed by atoms with Crippen molar-refractivity contribution in [2.24, 2.45) is 10.9 Å². The zero-order valence-electron chi connectivity index (χ0n) is 7.38. The lowest BCUT2D eigenvalue weighted by Gasteiger charge is -2.25. The lowest BCUT2D eigenvalue weighted by Crippen LogP contribution is -2.41. The van der Waals surface area contributed by atoms with Crippen LogP contribution in [-0.2, 0) is 0 Å². The second-order valence-corrected chi connectivity index (χ2v) is 2.89. The van der Waals surface area contributed by atoms with Crippen molar-refractivity contribution in [3.8, 4) is 11.5 Å². The quantitative estimate of drug-likeness (QED) is 0.296. The molecule has 1 aromatic carbocycles. The summed E-state index contributed by atoms with van der Waals surface area (Å²) in [6.07, 6.45) is -0.519. The summed E-state index contributed by atoms with van der Waals surface area (Å²) in [5, 5.41) is 11.3. The van der Waals surface area contributed by atoms with Gasteiger partial charge in [-0.2, -0.15) is 0 Å². The number of nitrogens with two attached hydrogens (primary N) is 1. The average Bonchev–Trinajstić information content (AvgIpc) is 2.27. The van der Waals surface area contributed by atoms with Crippen molar-refractivity contribution in [1.82, 2.24) is 0 Å². The Labute approximate surface area is 80.7 Å². The van der Waals surface area contributed by atoms with E-state index in [1.165, 1.54) is 0 Å². The van der Waals surface area contributed by atoms with Gasteiger partial charge in [0, 0.05) is 0 Å². The van der Waals surface area contributed by atoms with Crippen LogP contribution in [0.1, 0.15) is 0 Å². The molecule has 1 heterocycles. The summed E-state index contributed by atoms with van der Waals surface area (Å²) in [5.74, 6) is 1.30. The molecule has 0 aliphatic carbocycles. The first-order valence-corrected chi connectivity index (χ1v) is 4.17. The second-order valence-electron chi connectivity index (χ2n) is 2.89. The fraction of sp³-hybridized carbons (Fsp3) is 0.222. The molecule has 0 spiro atoms. The Kier molecular flexibility index (Phi) is 2.14. The van der Waals surface area contributed by atoms with Crippen LogP contribution in [0.5, 0.6) is 11.5 Å². The van der Waals surface area contributed by atoms with Crippen LogP contribution in [0, 0.1) is 0 Å². The summed E-state index contributed by atoms with van der Waals surface area (Å²) in [4.78, 5) is 0. The van der Waals surface area contributed by atoms with Crippen LogP contribution in [0.25, 0.3) is 0 Å². The normalized spacial score (nSPS) is 20.6. The summed E-state index contributed by atoms with van der Waals surface area (Å²) in [5.41, 5.74) is 5.40. The van der Waals surface area contributed by atoms with Gasteiger partial charge in [-0.15, -0.1) is 0 Å². The molecule has 1 aliphatic rings. The zero-order chi connectivity index (χ0) is 9.97. The molecule has 0 saturated heterocycles. The van der Waals surface area contributed by atoms with Crippen LogP contribution in [0.15, 0.2) is 29.4 Å². The molecule has 1 aromatic rings. The van der Waals surface area contributed by atoms with Crippen LogP contribution in [-0.4, -0.2) is 23.8 Å². The first-order chi connectivity index (χ1) is 6.81. The molecular weight excluding hydrogens is 184 g/mol. The maximum atomic E-state index is 8.46. The first-order valence-electron chi connectivity index (χ1n) is 4.17. The molecule has 0 aromatic heterocycles. The molecule has 74 valence electrons. The topological polar surface area (TPSA) is 77.1 Å². The standard InChI is InChI=1S/C9H10N2O3/c10-9(11-12)8-5-13-6-3-1-2-4-7(6)14-8/h1-4,8,12H,5H2,(H2,10,11)/t8-/m0/s1. The van der Waals surface area contributed by atoms with E-state index in [1.807, 2.05) is 12.1 Å². The molecule has 0 bridgehead atoms. The number of benzene rings is 1. The van der Waals surface area contributed by atoms with Gasteiger partial charge >= 0.3 is 0 Å². The van der Waals surface area contributed by atoms with E-state index >= 15 is 0 Å². The average molecular weight is 194 g/mol. The summed E-state index contributed by atoms with van der Waals surface area (Å²) in [6.45, 7) is 0.257. The van der Waals surface area contributed by atoms with E-state index in [1.54, 1.807) is 12.1 Å². The van der Waals surface area contributed by atoms with Crippen molar-refractivity contribution >= 4 is 5.84 Å². The maximum absolute atomic E-state index is 8.46. The van der Waals surface area contributed by atoms with Crippen LogP contribution >= 0.6 is 0 Å². The van der Waals surface area contributed by atoms with Gasteiger partial charge in [-0.25, -0.2) is 0 Å². The SMILES string of the molecule is NC(=NO)[C@@H]1COc2ccccc2O1. The summed E-state index contributed by atoms with van der Waals surface area (Å²) >= 11 is 0. The van der Waals surface area contributed by atoms with Gasteiger partial charge in [0.05, 0.1) is 0 Å². The molecule has 2 rings (SSSR count). The maximum Gasteiger partial charge on any atom is 0.193 e. The Bertz CT molecular complexity index is 365. The third-order valence-electron chi connectivity index (χ3n) is 1.95. The summed E-state index contributed by atoms with van der Waals surface area (Å²) in [6, 6.07) is 7.26. The van der Waals surface area contributed by atoms with Crippen molar-refractivity contribution < 1.29 is 14.7 Å². The number of fused-ring (bicyclic) bond motifs is 1. The number of oxime groups is 1. The number of nitrogens with zero attached hydrogens (tertiary/aromatic N) is 1. The van der Waals surface area contributed by atoms with E-state index in [9.17, 15) is 0 Å². The van der Waals surface area contributed by atoms with Gasteiger partial charge < -0.3 is 20.4 Å². The first kappa shape index (κ1) is 8.68. The predicted octanol–water partition coefficient (Wildman–Crippen LogP) is 0.573. The van der Waals surface area contributed by atoms with Crippen LogP contribution < -0.4 is 15.2 Å². The number of rotatable bonds is 1. The van der Waals surface area contributed by atoms with Gasteiger partial charge in [0.2, 0.25) is 0 Å². The van der Waals surface area contributed by atoms with E-state index in [0.29, 0.717) is 11.5 Å². The van der Waals surface area contributed by atoms with Crippen LogP contribution in [0.4, 0.5) is 0 Å². The Morgan fingerprint density at radius 2 is 2.14 bits per heavy atom. The number of amidine groups is 1. The molecule has 0 fully saturated rings. The van der Waals surface area contributed by atoms with Crippen LogP contribution in [0.3, 0.4) is 0 Å². The fourth-order valence-electron chi connectivity index (χ4n) is 1.23. The van der Waals surface area contributed by atoms with E-state index in [0.717, 1.165) is 0 Å². The summed E-state index contributed by atoms with van der Waals surface area (Å²) in [7, 11) is 0. The molecule has 0 radical (unpaired) electrons. The van der Waals surface area contributed by atoms with Gasteiger partial charge in [-0.1, -0.05) is 17.3 Å². The molecular formula is C9H10N2O3. The number of para-hydroxylation sites is 2. The highest BCUT2D eigenvalue weighted by Crippen LogP contribution is 2.30. The smallest absolute Gasteiger partial charge is 0.193 e. The largest absolute Gasteiger partial charge is 0.485 e. The molecule has 5 nitrogen and oxygen atoms in total. The minimum Gasteiger partial charge on any atom is -0.485 e. The molecule has 3 N–H and O–H groups in total. The lowest BCUT2D eigenvalue weighted by atomic mass is 10.2. The van der Waals surface area contributed by atoms with E-state index < -0.39 is 6.10 Å². The van der Waals surface area contributed by atoms with Gasteiger partial charge in [0.15, 0.2) is 23.4 Å². The van der Waals surface area contributed by atoms with Gasteiger partial charge in [-0.3, -0.25) is 0 Å². The number of hydrogen-bond donors (Lipinski definition) is 2. The highest BCUT2D eigenvalue weighted by Gasteiger charge is 2.23. The van der Waals surface area contributed by atoms with Crippen LogP contribution in [0.2, 0.25) is 0 Å². The highest BCUT2D eigenvalue weighted by atomic mass is 16.6. The minimum absolute atomic E-state index is 0.0134. The van der Waals surface area contributed by atoms with Crippen molar-refractivity contribution in [1.29, 1.82) is 0 Å². The van der Waals surface area contributed by atoms with Crippen molar-refractivity contribution in [2.45, 2.75) is 6.10 Å². The highest BCUT2D eigenvalue weighted by molar-refractivity contribution is 5.85. The fourth-order valence-corrected chi connectivity index (χ4v) is 1.23. The molecule has 0 amide bonds. The Morgan fingerprint density at radius 1 is 1.43 bits per heavy atom. The van der Waals surface area contributed by atoms with E-state index in [2.05, 4.69) is 5.16 Å². The van der Waals surface area contributed by atoms with Crippen molar-refractivity contribution in [2.75, 3.05) is 6.61 Å². The molecule has 0 unspecified atom stereocenters. The second kappa shape index (κ2) is 3.45. The van der Waals surface area contributed by atoms with Gasteiger partial charge in [0.25, 0.3) is 0 Å². The third kappa shape index (κ3) is 1.44. The van der Waals surface area contributed by atoms with Gasteiger partial charge in [0.1, 0.15) is 6.61 Å². The molecule has 0 saturated carbocycles. The van der Waals surface area contributed by atoms with E-state index in [4.69, 9.17) is 20.4 Å².